The average Bonchev–Trinajstić information content (AvgIpc) is 3.04. The van der Waals surface area contributed by atoms with Gasteiger partial charge in [0.15, 0.2) is 0 Å². The van der Waals surface area contributed by atoms with Crippen molar-refractivity contribution in [3.8, 4) is 0 Å². The van der Waals surface area contributed by atoms with Gasteiger partial charge >= 0.3 is 5.97 Å². The largest absolute Gasteiger partial charge is 0.462 e. The van der Waals surface area contributed by atoms with E-state index >= 15 is 0 Å². The Labute approximate surface area is 148 Å². The number of hydrogen-bond acceptors (Lipinski definition) is 5. The zero-order chi connectivity index (χ0) is 18.4. The van der Waals surface area contributed by atoms with E-state index in [0.29, 0.717) is 24.3 Å². The normalized spacial score (nSPS) is 52.0. The van der Waals surface area contributed by atoms with Crippen LogP contribution in [0.3, 0.4) is 0 Å². The zero-order valence-corrected chi connectivity index (χ0v) is 15.5. The number of Topliss-reactive ketones (excluding diaryl/α,β-unsaturated/α-hetero) is 1. The van der Waals surface area contributed by atoms with Crippen LogP contribution >= 0.6 is 0 Å². The van der Waals surface area contributed by atoms with Gasteiger partial charge in [-0.3, -0.25) is 9.59 Å². The number of carbonyl (C=O) groups excluding carboxylic acids is 2. The second-order valence-corrected chi connectivity index (χ2v) is 9.38. The maximum atomic E-state index is 13.0. The smallest absolute Gasteiger partial charge is 0.306 e. The predicted molar refractivity (Wildman–Crippen MR) is 90.6 cm³/mol. The third-order valence-corrected chi connectivity index (χ3v) is 7.81. The number of hydrogen-bond donors (Lipinski definition) is 1. The van der Waals surface area contributed by atoms with Gasteiger partial charge < -0.3 is 14.6 Å². The molecule has 2 heterocycles. The van der Waals surface area contributed by atoms with Gasteiger partial charge in [0.05, 0.1) is 24.4 Å². The van der Waals surface area contributed by atoms with Gasteiger partial charge in [-0.1, -0.05) is 34.3 Å². The van der Waals surface area contributed by atoms with E-state index < -0.39 is 23.2 Å². The Balaban J connectivity index is 1.92. The lowest BCUT2D eigenvalue weighted by molar-refractivity contribution is -0.148. The third kappa shape index (κ3) is 1.86. The van der Waals surface area contributed by atoms with Crippen molar-refractivity contribution in [3.63, 3.8) is 0 Å². The lowest BCUT2D eigenvalue weighted by Crippen LogP contribution is -2.58. The Hall–Kier alpha value is -1.20. The predicted octanol–water partition coefficient (Wildman–Crippen LogP) is 2.27. The minimum Gasteiger partial charge on any atom is -0.462 e. The number of carbonyl (C=O) groups is 2. The molecule has 1 N–H and O–H groups in total. The second kappa shape index (κ2) is 4.95. The quantitative estimate of drug-likeness (QED) is 0.581. The SMILES string of the molecule is C=C1COC2C3C(=O)CC(C(C)C)C3(C)CC3OC(=O)CC3(C)C12O. The van der Waals surface area contributed by atoms with Crippen LogP contribution in [0.5, 0.6) is 0 Å². The summed E-state index contributed by atoms with van der Waals surface area (Å²) in [5.41, 5.74) is -2.01. The van der Waals surface area contributed by atoms with E-state index in [4.69, 9.17) is 9.47 Å². The van der Waals surface area contributed by atoms with Gasteiger partial charge in [0.1, 0.15) is 23.6 Å². The van der Waals surface area contributed by atoms with Gasteiger partial charge in [0.25, 0.3) is 0 Å². The minimum absolute atomic E-state index is 0.135. The summed E-state index contributed by atoms with van der Waals surface area (Å²) in [5.74, 6) is 0.0119. The van der Waals surface area contributed by atoms with Gasteiger partial charge in [-0.15, -0.1) is 0 Å². The lowest BCUT2D eigenvalue weighted by atomic mass is 9.63. The number of esters is 1. The number of ketones is 1. The van der Waals surface area contributed by atoms with Crippen molar-refractivity contribution in [3.05, 3.63) is 12.2 Å². The van der Waals surface area contributed by atoms with E-state index in [1.165, 1.54) is 0 Å². The first kappa shape index (κ1) is 17.2. The molecule has 0 amide bonds. The highest BCUT2D eigenvalue weighted by atomic mass is 16.6. The van der Waals surface area contributed by atoms with E-state index in [2.05, 4.69) is 27.4 Å². The Morgan fingerprint density at radius 2 is 1.96 bits per heavy atom. The number of fused-ring (bicyclic) bond motifs is 5. The maximum absolute atomic E-state index is 13.0. The summed E-state index contributed by atoms with van der Waals surface area (Å²) in [5, 5.41) is 11.8. The first-order chi connectivity index (χ1) is 11.6. The number of rotatable bonds is 1. The van der Waals surface area contributed by atoms with Crippen molar-refractivity contribution in [2.45, 2.75) is 64.8 Å². The fourth-order valence-corrected chi connectivity index (χ4v) is 6.44. The molecule has 138 valence electrons. The van der Waals surface area contributed by atoms with Crippen LogP contribution < -0.4 is 0 Å². The van der Waals surface area contributed by atoms with Crippen LogP contribution in [0.4, 0.5) is 0 Å². The molecule has 2 saturated heterocycles. The van der Waals surface area contributed by atoms with Crippen LogP contribution in [0.25, 0.3) is 0 Å². The molecule has 2 aliphatic heterocycles. The molecule has 0 aromatic carbocycles. The van der Waals surface area contributed by atoms with Gasteiger partial charge in [-0.05, 0) is 29.2 Å². The fraction of sp³-hybridized carbons (Fsp3) is 0.800. The van der Waals surface area contributed by atoms with Crippen LogP contribution in [0.1, 0.15) is 47.0 Å². The van der Waals surface area contributed by atoms with Gasteiger partial charge in [-0.25, -0.2) is 0 Å². The molecule has 4 rings (SSSR count). The van der Waals surface area contributed by atoms with Crippen LogP contribution in [0.15, 0.2) is 12.2 Å². The molecule has 7 atom stereocenters. The Kier molecular flexibility index (Phi) is 3.41. The molecule has 2 saturated carbocycles. The molecule has 4 aliphatic rings. The van der Waals surface area contributed by atoms with Gasteiger partial charge in [0.2, 0.25) is 0 Å². The van der Waals surface area contributed by atoms with Crippen molar-refractivity contribution in [2.24, 2.45) is 28.6 Å². The number of ether oxygens (including phenoxy) is 2. The Morgan fingerprint density at radius 1 is 1.28 bits per heavy atom. The molecule has 25 heavy (non-hydrogen) atoms. The van der Waals surface area contributed by atoms with Crippen molar-refractivity contribution in [1.29, 1.82) is 0 Å². The second-order valence-electron chi connectivity index (χ2n) is 9.38. The van der Waals surface area contributed by atoms with Crippen LogP contribution in [0, 0.1) is 28.6 Å². The molecular formula is C20H28O5. The van der Waals surface area contributed by atoms with Crippen LogP contribution in [-0.4, -0.2) is 41.3 Å². The summed E-state index contributed by atoms with van der Waals surface area (Å²) in [4.78, 5) is 25.2. The van der Waals surface area contributed by atoms with E-state index in [-0.39, 0.29) is 42.0 Å². The molecule has 0 radical (unpaired) electrons. The number of aliphatic hydroxyl groups is 1. The summed E-state index contributed by atoms with van der Waals surface area (Å²) in [6, 6.07) is 0. The summed E-state index contributed by atoms with van der Waals surface area (Å²) >= 11 is 0. The first-order valence-corrected chi connectivity index (χ1v) is 9.30. The molecule has 5 heteroatoms. The van der Waals surface area contributed by atoms with E-state index in [1.54, 1.807) is 0 Å². The van der Waals surface area contributed by atoms with E-state index in [1.807, 2.05) is 6.92 Å². The van der Waals surface area contributed by atoms with E-state index in [0.717, 1.165) is 0 Å². The molecule has 7 unspecified atom stereocenters. The molecule has 0 spiro atoms. The topological polar surface area (TPSA) is 72.8 Å². The zero-order valence-electron chi connectivity index (χ0n) is 15.5. The average molecular weight is 348 g/mol. The fourth-order valence-electron chi connectivity index (χ4n) is 6.44. The molecule has 0 bridgehead atoms. The van der Waals surface area contributed by atoms with Gasteiger partial charge in [0, 0.05) is 6.42 Å². The molecule has 4 fully saturated rings. The summed E-state index contributed by atoms with van der Waals surface area (Å²) in [6.45, 7) is 12.6. The standard InChI is InChI=1S/C20H28O5/c1-10(2)12-6-13(21)16-17-20(23,11(3)9-24-17)19(5)8-15(22)25-14(19)7-18(12,16)4/h10,12,14,16-17,23H,3,6-9H2,1-2,4-5H3. The van der Waals surface area contributed by atoms with Gasteiger partial charge in [-0.2, -0.15) is 0 Å². The van der Waals surface area contributed by atoms with Crippen molar-refractivity contribution in [2.75, 3.05) is 6.61 Å². The molecular weight excluding hydrogens is 320 g/mol. The van der Waals surface area contributed by atoms with Crippen LogP contribution in [0.2, 0.25) is 0 Å². The Morgan fingerprint density at radius 3 is 2.60 bits per heavy atom. The third-order valence-electron chi connectivity index (χ3n) is 7.81. The van der Waals surface area contributed by atoms with Crippen molar-refractivity contribution >= 4 is 11.8 Å². The van der Waals surface area contributed by atoms with Crippen molar-refractivity contribution < 1.29 is 24.2 Å². The summed E-state index contributed by atoms with van der Waals surface area (Å²) in [7, 11) is 0. The summed E-state index contributed by atoms with van der Waals surface area (Å²) in [6.07, 6.45) is 0.151. The Bertz CT molecular complexity index is 669. The van der Waals surface area contributed by atoms with Crippen molar-refractivity contribution in [1.82, 2.24) is 0 Å². The monoisotopic (exact) mass is 348 g/mol. The summed E-state index contributed by atoms with van der Waals surface area (Å²) < 4.78 is 11.7. The first-order valence-electron chi connectivity index (χ1n) is 9.30. The molecule has 2 aliphatic carbocycles. The molecule has 0 aromatic heterocycles. The minimum atomic E-state index is -1.41. The van der Waals surface area contributed by atoms with E-state index in [9.17, 15) is 14.7 Å². The highest BCUT2D eigenvalue weighted by Crippen LogP contribution is 2.65. The lowest BCUT2D eigenvalue weighted by Gasteiger charge is -2.44. The maximum Gasteiger partial charge on any atom is 0.306 e. The molecule has 0 aromatic rings. The highest BCUT2D eigenvalue weighted by Gasteiger charge is 2.74. The molecule has 5 nitrogen and oxygen atoms in total. The highest BCUT2D eigenvalue weighted by molar-refractivity contribution is 5.86. The van der Waals surface area contributed by atoms with Crippen LogP contribution in [-0.2, 0) is 19.1 Å².